The third-order valence-electron chi connectivity index (χ3n) is 2.33. The van der Waals surface area contributed by atoms with Crippen molar-refractivity contribution < 1.29 is 9.47 Å². The van der Waals surface area contributed by atoms with Crippen LogP contribution in [0, 0.1) is 0 Å². The van der Waals surface area contributed by atoms with Crippen molar-refractivity contribution in [1.82, 2.24) is 0 Å². The molecule has 5 heteroatoms. The molecule has 1 aromatic carbocycles. The number of rotatable bonds is 8. The van der Waals surface area contributed by atoms with Crippen LogP contribution in [-0.4, -0.2) is 26.0 Å². The van der Waals surface area contributed by atoms with Gasteiger partial charge in [0.15, 0.2) is 6.29 Å². The molecule has 0 spiro atoms. The molecule has 0 aliphatic heterocycles. The summed E-state index contributed by atoms with van der Waals surface area (Å²) in [7, 11) is 0. The van der Waals surface area contributed by atoms with Crippen molar-refractivity contribution in [3.8, 4) is 0 Å². The lowest BCUT2D eigenvalue weighted by Gasteiger charge is -2.17. The number of benzene rings is 1. The summed E-state index contributed by atoms with van der Waals surface area (Å²) >= 11 is 9.49. The lowest BCUT2D eigenvalue weighted by atomic mass is 10.3. The molecule has 0 heterocycles. The van der Waals surface area contributed by atoms with E-state index in [4.69, 9.17) is 21.1 Å². The Morgan fingerprint density at radius 1 is 1.28 bits per heavy atom. The predicted octanol–water partition coefficient (Wildman–Crippen LogP) is 4.30. The van der Waals surface area contributed by atoms with Gasteiger partial charge in [-0.05, 0) is 32.0 Å². The van der Waals surface area contributed by atoms with Crippen LogP contribution in [0.4, 0.5) is 5.69 Å². The first-order valence-electron chi connectivity index (χ1n) is 6.09. The molecule has 0 fully saturated rings. The van der Waals surface area contributed by atoms with Crippen LogP contribution in [0.15, 0.2) is 22.7 Å². The molecule has 102 valence electrons. The average Bonchev–Trinajstić information content (AvgIpc) is 2.32. The van der Waals surface area contributed by atoms with Crippen molar-refractivity contribution in [2.75, 3.05) is 25.1 Å². The van der Waals surface area contributed by atoms with Crippen LogP contribution in [0.3, 0.4) is 0 Å². The van der Waals surface area contributed by atoms with Crippen molar-refractivity contribution in [2.45, 2.75) is 26.6 Å². The van der Waals surface area contributed by atoms with Gasteiger partial charge in [-0.1, -0.05) is 27.5 Å². The van der Waals surface area contributed by atoms with Gasteiger partial charge in [-0.2, -0.15) is 0 Å². The van der Waals surface area contributed by atoms with E-state index in [1.807, 2.05) is 32.0 Å². The molecular formula is C13H19BrClNO2. The molecule has 0 aliphatic carbocycles. The van der Waals surface area contributed by atoms with Gasteiger partial charge in [0.1, 0.15) is 0 Å². The second kappa shape index (κ2) is 8.75. The fraction of sp³-hybridized carbons (Fsp3) is 0.538. The van der Waals surface area contributed by atoms with Crippen molar-refractivity contribution in [1.29, 1.82) is 0 Å². The Hall–Kier alpha value is -0.290. The number of nitrogens with one attached hydrogen (secondary N) is 1. The van der Waals surface area contributed by atoms with Crippen LogP contribution < -0.4 is 5.32 Å². The van der Waals surface area contributed by atoms with E-state index in [9.17, 15) is 0 Å². The zero-order valence-electron chi connectivity index (χ0n) is 10.7. The third-order valence-corrected chi connectivity index (χ3v) is 3.14. The van der Waals surface area contributed by atoms with Gasteiger partial charge in [-0.3, -0.25) is 0 Å². The Labute approximate surface area is 122 Å². The highest BCUT2D eigenvalue weighted by Gasteiger charge is 2.07. The van der Waals surface area contributed by atoms with E-state index in [0.717, 1.165) is 23.1 Å². The summed E-state index contributed by atoms with van der Waals surface area (Å²) in [6, 6.07) is 5.77. The SMILES string of the molecule is CCOC(CCNc1ccc(Br)cc1Cl)OCC. The van der Waals surface area contributed by atoms with Gasteiger partial charge in [0.2, 0.25) is 0 Å². The van der Waals surface area contributed by atoms with Crippen LogP contribution in [0.25, 0.3) is 0 Å². The molecule has 3 nitrogen and oxygen atoms in total. The zero-order valence-corrected chi connectivity index (χ0v) is 13.1. The van der Waals surface area contributed by atoms with Gasteiger partial charge in [-0.25, -0.2) is 0 Å². The maximum absolute atomic E-state index is 6.11. The minimum absolute atomic E-state index is 0.151. The fourth-order valence-electron chi connectivity index (χ4n) is 1.54. The first kappa shape index (κ1) is 15.8. The largest absolute Gasteiger partial charge is 0.384 e. The highest BCUT2D eigenvalue weighted by Crippen LogP contribution is 2.25. The summed E-state index contributed by atoms with van der Waals surface area (Å²) in [6.45, 7) is 6.00. The number of hydrogen-bond donors (Lipinski definition) is 1. The normalized spacial score (nSPS) is 10.9. The Bertz CT molecular complexity index is 357. The predicted molar refractivity (Wildman–Crippen MR) is 79.3 cm³/mol. The van der Waals surface area contributed by atoms with E-state index < -0.39 is 0 Å². The molecule has 0 radical (unpaired) electrons. The van der Waals surface area contributed by atoms with E-state index in [2.05, 4.69) is 21.2 Å². The Kier molecular flexibility index (Phi) is 7.66. The molecule has 18 heavy (non-hydrogen) atoms. The van der Waals surface area contributed by atoms with Crippen LogP contribution in [0.5, 0.6) is 0 Å². The molecular weight excluding hydrogens is 318 g/mol. The van der Waals surface area contributed by atoms with Crippen LogP contribution in [0.1, 0.15) is 20.3 Å². The first-order valence-corrected chi connectivity index (χ1v) is 7.26. The summed E-state index contributed by atoms with van der Waals surface area (Å²) < 4.78 is 11.9. The molecule has 1 rings (SSSR count). The van der Waals surface area contributed by atoms with E-state index in [0.29, 0.717) is 18.2 Å². The number of anilines is 1. The van der Waals surface area contributed by atoms with Gasteiger partial charge in [-0.15, -0.1) is 0 Å². The maximum atomic E-state index is 6.11. The molecule has 0 atom stereocenters. The summed E-state index contributed by atoms with van der Waals surface area (Å²) in [5.41, 5.74) is 0.923. The second-order valence-corrected chi connectivity index (χ2v) is 5.00. The summed E-state index contributed by atoms with van der Waals surface area (Å²) in [6.07, 6.45) is 0.635. The topological polar surface area (TPSA) is 30.5 Å². The quantitative estimate of drug-likeness (QED) is 0.718. The molecule has 1 N–H and O–H groups in total. The number of hydrogen-bond acceptors (Lipinski definition) is 3. The Morgan fingerprint density at radius 2 is 1.94 bits per heavy atom. The summed E-state index contributed by atoms with van der Waals surface area (Å²) in [4.78, 5) is 0. The van der Waals surface area contributed by atoms with Gasteiger partial charge in [0, 0.05) is 30.7 Å². The molecule has 1 aromatic rings. The standard InChI is InChI=1S/C13H19BrClNO2/c1-3-17-13(18-4-2)7-8-16-12-6-5-10(14)9-11(12)15/h5-6,9,13,16H,3-4,7-8H2,1-2H3. The average molecular weight is 337 g/mol. The first-order chi connectivity index (χ1) is 8.67. The monoisotopic (exact) mass is 335 g/mol. The van der Waals surface area contributed by atoms with E-state index in [1.165, 1.54) is 0 Å². The van der Waals surface area contributed by atoms with Crippen LogP contribution in [0.2, 0.25) is 5.02 Å². The van der Waals surface area contributed by atoms with Crippen LogP contribution >= 0.6 is 27.5 Å². The molecule has 0 aliphatic rings. The van der Waals surface area contributed by atoms with Crippen molar-refractivity contribution in [3.63, 3.8) is 0 Å². The number of halogens is 2. The maximum Gasteiger partial charge on any atom is 0.159 e. The molecule has 0 saturated heterocycles. The molecule has 0 amide bonds. The molecule has 0 aromatic heterocycles. The lowest BCUT2D eigenvalue weighted by molar-refractivity contribution is -0.137. The van der Waals surface area contributed by atoms with E-state index >= 15 is 0 Å². The highest BCUT2D eigenvalue weighted by molar-refractivity contribution is 9.10. The van der Waals surface area contributed by atoms with Crippen molar-refractivity contribution >= 4 is 33.2 Å². The van der Waals surface area contributed by atoms with Gasteiger partial charge in [0.25, 0.3) is 0 Å². The minimum atomic E-state index is -0.151. The highest BCUT2D eigenvalue weighted by atomic mass is 79.9. The Morgan fingerprint density at radius 3 is 2.50 bits per heavy atom. The third kappa shape index (κ3) is 5.57. The van der Waals surface area contributed by atoms with Crippen molar-refractivity contribution in [3.05, 3.63) is 27.7 Å². The van der Waals surface area contributed by atoms with Crippen LogP contribution in [-0.2, 0) is 9.47 Å². The molecule has 0 unspecified atom stereocenters. The van der Waals surface area contributed by atoms with E-state index in [-0.39, 0.29) is 6.29 Å². The summed E-state index contributed by atoms with van der Waals surface area (Å²) in [5.74, 6) is 0. The van der Waals surface area contributed by atoms with Gasteiger partial charge < -0.3 is 14.8 Å². The van der Waals surface area contributed by atoms with Gasteiger partial charge in [0.05, 0.1) is 10.7 Å². The molecule has 0 bridgehead atoms. The smallest absolute Gasteiger partial charge is 0.159 e. The van der Waals surface area contributed by atoms with Crippen molar-refractivity contribution in [2.24, 2.45) is 0 Å². The number of ether oxygens (including phenoxy) is 2. The zero-order chi connectivity index (χ0) is 13.4. The van der Waals surface area contributed by atoms with Gasteiger partial charge >= 0.3 is 0 Å². The summed E-state index contributed by atoms with van der Waals surface area (Å²) in [5, 5.41) is 3.98. The fourth-order valence-corrected chi connectivity index (χ4v) is 2.28. The van der Waals surface area contributed by atoms with E-state index in [1.54, 1.807) is 0 Å². The molecule has 0 saturated carbocycles. The second-order valence-electron chi connectivity index (χ2n) is 3.68. The minimum Gasteiger partial charge on any atom is -0.384 e. The lowest BCUT2D eigenvalue weighted by Crippen LogP contribution is -2.21. The Balaban J connectivity index is 2.39.